The maximum Gasteiger partial charge on any atom is 0.322 e. The number of likely N-dealkylation sites (N-methyl/N-ethyl adjacent to an activating group) is 1. The van der Waals surface area contributed by atoms with Crippen molar-refractivity contribution >= 4 is 11.9 Å². The van der Waals surface area contributed by atoms with E-state index in [-0.39, 0.29) is 11.9 Å². The zero-order chi connectivity index (χ0) is 19.7. The lowest BCUT2D eigenvalue weighted by atomic mass is 9.46. The third-order valence-corrected chi connectivity index (χ3v) is 7.85. The van der Waals surface area contributed by atoms with Crippen molar-refractivity contribution < 1.29 is 19.4 Å². The number of carbonyl (C=O) groups is 2. The summed E-state index contributed by atoms with van der Waals surface area (Å²) in [6.45, 7) is 3.89. The van der Waals surface area contributed by atoms with Crippen molar-refractivity contribution in [3.8, 4) is 5.75 Å². The molecule has 2 aliphatic heterocycles. The molecule has 4 aliphatic rings. The van der Waals surface area contributed by atoms with Crippen molar-refractivity contribution in [2.24, 2.45) is 0 Å². The molecule has 1 saturated carbocycles. The number of hydrogen-bond acceptors (Lipinski definition) is 5. The molecule has 1 aromatic carbocycles. The summed E-state index contributed by atoms with van der Waals surface area (Å²) in [4.78, 5) is 27.1. The lowest BCUT2D eigenvalue weighted by molar-refractivity contribution is -0.179. The van der Waals surface area contributed by atoms with Crippen LogP contribution in [0.25, 0.3) is 0 Å². The molecule has 3 N–H and O–H groups in total. The Kier molecular flexibility index (Phi) is 3.65. The van der Waals surface area contributed by atoms with Gasteiger partial charge in [-0.3, -0.25) is 15.0 Å². The van der Waals surface area contributed by atoms with Crippen molar-refractivity contribution in [1.82, 2.24) is 15.5 Å². The standard InChI is InChI=1S/C21H27N3O4/c1-3-24-9-8-19-12-20(17(25)22-18(26)23-20)6-7-21(19,27)16(24)10-13-4-5-14(28-2)11-15(13)19/h4-5,11,16,27H,3,6-10,12H2,1-2H3,(H2,22,23,25,26)/t16-,19-,20+,21-/m1/s1. The van der Waals surface area contributed by atoms with Crippen LogP contribution in [-0.2, 0) is 16.6 Å². The third-order valence-electron chi connectivity index (χ3n) is 7.85. The van der Waals surface area contributed by atoms with Crippen molar-refractivity contribution in [3.05, 3.63) is 29.3 Å². The molecule has 1 aromatic rings. The molecule has 1 spiro atoms. The maximum atomic E-state index is 12.7. The van der Waals surface area contributed by atoms with Gasteiger partial charge in [-0.25, -0.2) is 4.79 Å². The fraction of sp³-hybridized carbons (Fsp3) is 0.619. The first-order valence-electron chi connectivity index (χ1n) is 10.1. The number of aliphatic hydroxyl groups is 1. The van der Waals surface area contributed by atoms with Gasteiger partial charge in [0, 0.05) is 11.5 Å². The van der Waals surface area contributed by atoms with Crippen molar-refractivity contribution in [2.75, 3.05) is 20.2 Å². The first-order chi connectivity index (χ1) is 13.4. The van der Waals surface area contributed by atoms with Gasteiger partial charge < -0.3 is 15.2 Å². The molecule has 3 fully saturated rings. The first kappa shape index (κ1) is 17.9. The molecule has 2 aliphatic carbocycles. The predicted molar refractivity (Wildman–Crippen MR) is 102 cm³/mol. The number of rotatable bonds is 2. The summed E-state index contributed by atoms with van der Waals surface area (Å²) in [7, 11) is 1.64. The van der Waals surface area contributed by atoms with E-state index in [2.05, 4.69) is 28.5 Å². The van der Waals surface area contributed by atoms with Gasteiger partial charge in [0.1, 0.15) is 11.3 Å². The molecule has 4 atom stereocenters. The van der Waals surface area contributed by atoms with Gasteiger partial charge in [-0.15, -0.1) is 0 Å². The number of nitrogens with one attached hydrogen (secondary N) is 2. The molecule has 28 heavy (non-hydrogen) atoms. The number of ether oxygens (including phenoxy) is 1. The van der Waals surface area contributed by atoms with E-state index in [4.69, 9.17) is 4.74 Å². The summed E-state index contributed by atoms with van der Waals surface area (Å²) in [6, 6.07) is 5.68. The Morgan fingerprint density at radius 1 is 1.29 bits per heavy atom. The van der Waals surface area contributed by atoms with Crippen molar-refractivity contribution in [3.63, 3.8) is 0 Å². The minimum absolute atomic E-state index is 0.0182. The number of nitrogens with zero attached hydrogens (tertiary/aromatic N) is 1. The molecule has 0 aromatic heterocycles. The van der Waals surface area contributed by atoms with Crippen LogP contribution in [0, 0.1) is 0 Å². The largest absolute Gasteiger partial charge is 0.497 e. The third kappa shape index (κ3) is 2.06. The van der Waals surface area contributed by atoms with Crippen LogP contribution in [0.3, 0.4) is 0 Å². The van der Waals surface area contributed by atoms with E-state index in [1.54, 1.807) is 7.11 Å². The van der Waals surface area contributed by atoms with Crippen LogP contribution in [0.2, 0.25) is 0 Å². The number of amides is 3. The number of carbonyl (C=O) groups excluding carboxylic acids is 2. The molecule has 7 heteroatoms. The number of imide groups is 1. The smallest absolute Gasteiger partial charge is 0.322 e. The molecule has 2 heterocycles. The summed E-state index contributed by atoms with van der Waals surface area (Å²) in [5.41, 5.74) is -0.178. The van der Waals surface area contributed by atoms with Gasteiger partial charge in [0.15, 0.2) is 0 Å². The second kappa shape index (κ2) is 5.70. The fourth-order valence-corrected chi connectivity index (χ4v) is 6.47. The second-order valence-corrected chi connectivity index (χ2v) is 8.80. The van der Waals surface area contributed by atoms with Gasteiger partial charge in [-0.2, -0.15) is 0 Å². The Balaban J connectivity index is 1.70. The minimum atomic E-state index is -0.945. The van der Waals surface area contributed by atoms with E-state index in [1.165, 1.54) is 5.56 Å². The lowest BCUT2D eigenvalue weighted by Gasteiger charge is -2.65. The first-order valence-corrected chi connectivity index (χ1v) is 10.1. The average molecular weight is 385 g/mol. The van der Waals surface area contributed by atoms with Crippen LogP contribution in [0.1, 0.15) is 43.7 Å². The molecule has 0 unspecified atom stereocenters. The average Bonchev–Trinajstić information content (AvgIpc) is 2.95. The van der Waals surface area contributed by atoms with Gasteiger partial charge in [-0.1, -0.05) is 13.0 Å². The van der Waals surface area contributed by atoms with Crippen LogP contribution in [0.5, 0.6) is 5.75 Å². The highest BCUT2D eigenvalue weighted by Gasteiger charge is 2.69. The van der Waals surface area contributed by atoms with Gasteiger partial charge in [0.05, 0.1) is 12.7 Å². The topological polar surface area (TPSA) is 90.9 Å². The minimum Gasteiger partial charge on any atom is -0.497 e. The van der Waals surface area contributed by atoms with Crippen LogP contribution >= 0.6 is 0 Å². The van der Waals surface area contributed by atoms with Gasteiger partial charge in [0.2, 0.25) is 0 Å². The van der Waals surface area contributed by atoms with E-state index in [1.807, 2.05) is 12.1 Å². The number of fused-ring (bicyclic) bond motifs is 1. The molecule has 7 nitrogen and oxygen atoms in total. The van der Waals surface area contributed by atoms with Crippen molar-refractivity contribution in [2.45, 2.75) is 61.6 Å². The number of likely N-dealkylation sites (tertiary alicyclic amines) is 1. The zero-order valence-electron chi connectivity index (χ0n) is 16.4. The monoisotopic (exact) mass is 385 g/mol. The zero-order valence-corrected chi connectivity index (χ0v) is 16.4. The highest BCUT2D eigenvalue weighted by atomic mass is 16.5. The normalized spacial score (nSPS) is 39.2. The Bertz CT molecular complexity index is 873. The van der Waals surface area contributed by atoms with Gasteiger partial charge in [0.25, 0.3) is 5.91 Å². The summed E-state index contributed by atoms with van der Waals surface area (Å²) >= 11 is 0. The molecule has 2 bridgehead atoms. The molecule has 2 saturated heterocycles. The highest BCUT2D eigenvalue weighted by molar-refractivity contribution is 6.07. The van der Waals surface area contributed by atoms with E-state index < -0.39 is 22.6 Å². The van der Waals surface area contributed by atoms with Crippen LogP contribution in [0.15, 0.2) is 18.2 Å². The molecule has 3 amide bonds. The summed E-state index contributed by atoms with van der Waals surface area (Å²) in [5.74, 6) is 0.491. The van der Waals surface area contributed by atoms with Gasteiger partial charge in [-0.05, 0) is 68.5 Å². The quantitative estimate of drug-likeness (QED) is 0.663. The Morgan fingerprint density at radius 2 is 2.11 bits per heavy atom. The van der Waals surface area contributed by atoms with E-state index >= 15 is 0 Å². The van der Waals surface area contributed by atoms with E-state index in [9.17, 15) is 14.7 Å². The molecule has 5 rings (SSSR count). The van der Waals surface area contributed by atoms with Crippen LogP contribution < -0.4 is 15.4 Å². The number of hydrogen-bond donors (Lipinski definition) is 3. The summed E-state index contributed by atoms with van der Waals surface area (Å²) in [6.07, 6.45) is 2.90. The highest BCUT2D eigenvalue weighted by Crippen LogP contribution is 2.60. The fourth-order valence-electron chi connectivity index (χ4n) is 6.47. The van der Waals surface area contributed by atoms with Crippen LogP contribution in [0.4, 0.5) is 4.79 Å². The molecular weight excluding hydrogens is 358 g/mol. The molecule has 0 radical (unpaired) electrons. The van der Waals surface area contributed by atoms with Gasteiger partial charge >= 0.3 is 6.03 Å². The predicted octanol–water partition coefficient (Wildman–Crippen LogP) is 1.08. The number of benzene rings is 1. The Morgan fingerprint density at radius 3 is 2.79 bits per heavy atom. The number of piperidine rings is 1. The van der Waals surface area contributed by atoms with E-state index in [0.29, 0.717) is 19.3 Å². The summed E-state index contributed by atoms with van der Waals surface area (Å²) in [5, 5.41) is 17.5. The number of urea groups is 1. The molecule has 150 valence electrons. The Labute approximate surface area is 164 Å². The Hall–Kier alpha value is -2.12. The molecular formula is C21H27N3O4. The van der Waals surface area contributed by atoms with Crippen molar-refractivity contribution in [1.29, 1.82) is 0 Å². The maximum absolute atomic E-state index is 12.7. The lowest BCUT2D eigenvalue weighted by Crippen LogP contribution is -2.76. The van der Waals surface area contributed by atoms with E-state index in [0.717, 1.165) is 37.2 Å². The number of methoxy groups -OCH3 is 1. The second-order valence-electron chi connectivity index (χ2n) is 8.80. The van der Waals surface area contributed by atoms with Crippen LogP contribution in [-0.4, -0.2) is 59.3 Å². The summed E-state index contributed by atoms with van der Waals surface area (Å²) < 4.78 is 5.48. The SMILES string of the molecule is CCN1CC[C@]23C[C@]4(CC[C@@]2(O)[C@H]1Cc1ccc(OC)cc13)NC(=O)NC4=O.